The molecule has 0 saturated heterocycles. The van der Waals surface area contributed by atoms with Gasteiger partial charge in [0.05, 0.1) is 13.2 Å². The molecule has 1 aromatic rings. The summed E-state index contributed by atoms with van der Waals surface area (Å²) in [6.45, 7) is 6.71. The van der Waals surface area contributed by atoms with Crippen LogP contribution in [0.15, 0.2) is 18.2 Å². The first kappa shape index (κ1) is 13.6. The molecule has 2 N–H and O–H groups in total. The van der Waals surface area contributed by atoms with Gasteiger partial charge in [-0.05, 0) is 61.8 Å². The van der Waals surface area contributed by atoms with Crippen LogP contribution in [0, 0.1) is 25.7 Å². The zero-order valence-corrected chi connectivity index (χ0v) is 11.6. The van der Waals surface area contributed by atoms with Crippen LogP contribution >= 0.6 is 0 Å². The predicted octanol–water partition coefficient (Wildman–Crippen LogP) is 3.20. The lowest BCUT2D eigenvalue weighted by Crippen LogP contribution is -2.22. The van der Waals surface area contributed by atoms with Crippen molar-refractivity contribution in [3.8, 4) is 0 Å². The first-order valence-electron chi connectivity index (χ1n) is 7.04. The van der Waals surface area contributed by atoms with Crippen molar-refractivity contribution in [2.24, 2.45) is 17.6 Å². The Morgan fingerprint density at radius 1 is 1.17 bits per heavy atom. The van der Waals surface area contributed by atoms with E-state index in [1.807, 2.05) is 0 Å². The molecule has 1 saturated carbocycles. The molecule has 1 aliphatic carbocycles. The van der Waals surface area contributed by atoms with Crippen molar-refractivity contribution in [3.63, 3.8) is 0 Å². The van der Waals surface area contributed by atoms with Gasteiger partial charge < -0.3 is 10.5 Å². The second kappa shape index (κ2) is 6.35. The highest BCUT2D eigenvalue weighted by Gasteiger charge is 2.25. The zero-order valence-electron chi connectivity index (χ0n) is 11.6. The van der Waals surface area contributed by atoms with Gasteiger partial charge in [0.25, 0.3) is 0 Å². The summed E-state index contributed by atoms with van der Waals surface area (Å²) in [4.78, 5) is 0. The Hall–Kier alpha value is -0.860. The van der Waals surface area contributed by atoms with Crippen molar-refractivity contribution in [3.05, 3.63) is 34.9 Å². The molecule has 0 aromatic heterocycles. The Morgan fingerprint density at radius 2 is 1.94 bits per heavy atom. The van der Waals surface area contributed by atoms with E-state index >= 15 is 0 Å². The summed E-state index contributed by atoms with van der Waals surface area (Å²) in [5, 5.41) is 0. The molecule has 0 bridgehead atoms. The minimum absolute atomic E-state index is 0.682. The summed E-state index contributed by atoms with van der Waals surface area (Å²) in [6.07, 6.45) is 3.89. The highest BCUT2D eigenvalue weighted by Crippen LogP contribution is 2.31. The minimum Gasteiger partial charge on any atom is -0.376 e. The molecule has 0 heterocycles. The molecule has 18 heavy (non-hydrogen) atoms. The molecule has 1 fully saturated rings. The Balaban J connectivity index is 1.79. The third kappa shape index (κ3) is 3.33. The highest BCUT2D eigenvalue weighted by molar-refractivity contribution is 5.29. The molecule has 2 heteroatoms. The van der Waals surface area contributed by atoms with Crippen LogP contribution in [0.1, 0.15) is 36.0 Å². The Labute approximate surface area is 111 Å². The number of benzene rings is 1. The lowest BCUT2D eigenvalue weighted by molar-refractivity contribution is 0.0753. The van der Waals surface area contributed by atoms with E-state index in [-0.39, 0.29) is 0 Å². The number of hydrogen-bond acceptors (Lipinski definition) is 2. The van der Waals surface area contributed by atoms with Crippen LogP contribution < -0.4 is 5.73 Å². The molecule has 2 atom stereocenters. The quantitative estimate of drug-likeness (QED) is 0.867. The SMILES string of the molecule is Cc1ccc(COCC2CCCC2CN)cc1C. The maximum atomic E-state index is 5.88. The van der Waals surface area contributed by atoms with Crippen LogP contribution in [0.4, 0.5) is 0 Å². The average molecular weight is 247 g/mol. The molecule has 2 unspecified atom stereocenters. The van der Waals surface area contributed by atoms with E-state index in [9.17, 15) is 0 Å². The standard InChI is InChI=1S/C16H25NO/c1-12-6-7-14(8-13(12)2)10-18-11-16-5-3-4-15(16)9-17/h6-8,15-16H,3-5,9-11,17H2,1-2H3. The second-order valence-corrected chi connectivity index (χ2v) is 5.62. The molecule has 1 aliphatic rings. The minimum atomic E-state index is 0.682. The third-order valence-electron chi connectivity index (χ3n) is 4.29. The van der Waals surface area contributed by atoms with E-state index in [1.165, 1.54) is 36.0 Å². The highest BCUT2D eigenvalue weighted by atomic mass is 16.5. The largest absolute Gasteiger partial charge is 0.376 e. The van der Waals surface area contributed by atoms with Gasteiger partial charge in [-0.2, -0.15) is 0 Å². The van der Waals surface area contributed by atoms with Crippen LogP contribution in [0.3, 0.4) is 0 Å². The molecular formula is C16H25NO. The van der Waals surface area contributed by atoms with E-state index in [1.54, 1.807) is 0 Å². The van der Waals surface area contributed by atoms with Gasteiger partial charge in [0.2, 0.25) is 0 Å². The zero-order chi connectivity index (χ0) is 13.0. The van der Waals surface area contributed by atoms with E-state index in [0.29, 0.717) is 11.8 Å². The van der Waals surface area contributed by atoms with Crippen LogP contribution in [-0.2, 0) is 11.3 Å². The summed E-state index contributed by atoms with van der Waals surface area (Å²) in [7, 11) is 0. The van der Waals surface area contributed by atoms with Crippen molar-refractivity contribution in [1.82, 2.24) is 0 Å². The fourth-order valence-corrected chi connectivity index (χ4v) is 2.86. The number of rotatable bonds is 5. The molecule has 0 amide bonds. The maximum Gasteiger partial charge on any atom is 0.0717 e. The summed E-state index contributed by atoms with van der Waals surface area (Å²) in [5.41, 5.74) is 9.76. The number of ether oxygens (including phenoxy) is 1. The second-order valence-electron chi connectivity index (χ2n) is 5.62. The van der Waals surface area contributed by atoms with Gasteiger partial charge in [-0.1, -0.05) is 24.6 Å². The Kier molecular flexibility index (Phi) is 4.79. The van der Waals surface area contributed by atoms with E-state index in [4.69, 9.17) is 10.5 Å². The molecule has 2 rings (SSSR count). The Morgan fingerprint density at radius 3 is 2.67 bits per heavy atom. The molecule has 100 valence electrons. The maximum absolute atomic E-state index is 5.88. The molecule has 0 spiro atoms. The lowest BCUT2D eigenvalue weighted by atomic mass is 9.97. The van der Waals surface area contributed by atoms with E-state index < -0.39 is 0 Å². The van der Waals surface area contributed by atoms with Crippen LogP contribution in [0.2, 0.25) is 0 Å². The normalized spacial score (nSPS) is 23.5. The van der Waals surface area contributed by atoms with Gasteiger partial charge in [-0.3, -0.25) is 0 Å². The summed E-state index contributed by atoms with van der Waals surface area (Å²) in [5.74, 6) is 1.37. The lowest BCUT2D eigenvalue weighted by Gasteiger charge is -2.17. The summed E-state index contributed by atoms with van der Waals surface area (Å²) >= 11 is 0. The Bertz CT molecular complexity index is 389. The fourth-order valence-electron chi connectivity index (χ4n) is 2.86. The van der Waals surface area contributed by atoms with Crippen molar-refractivity contribution in [2.75, 3.05) is 13.2 Å². The topological polar surface area (TPSA) is 35.2 Å². The first-order valence-corrected chi connectivity index (χ1v) is 7.04. The van der Waals surface area contributed by atoms with Crippen LogP contribution in [-0.4, -0.2) is 13.2 Å². The van der Waals surface area contributed by atoms with Crippen molar-refractivity contribution < 1.29 is 4.74 Å². The molecule has 1 aromatic carbocycles. The molecule has 0 radical (unpaired) electrons. The summed E-state index contributed by atoms with van der Waals surface area (Å²) in [6, 6.07) is 6.56. The van der Waals surface area contributed by atoms with Gasteiger partial charge in [0, 0.05) is 0 Å². The fraction of sp³-hybridized carbons (Fsp3) is 0.625. The van der Waals surface area contributed by atoms with Gasteiger partial charge >= 0.3 is 0 Å². The predicted molar refractivity (Wildman–Crippen MR) is 75.5 cm³/mol. The van der Waals surface area contributed by atoms with Crippen LogP contribution in [0.5, 0.6) is 0 Å². The molecule has 2 nitrogen and oxygen atoms in total. The van der Waals surface area contributed by atoms with Crippen molar-refractivity contribution in [1.29, 1.82) is 0 Å². The molecule has 0 aliphatic heterocycles. The van der Waals surface area contributed by atoms with Crippen LogP contribution in [0.25, 0.3) is 0 Å². The average Bonchev–Trinajstić information content (AvgIpc) is 2.81. The number of hydrogen-bond donors (Lipinski definition) is 1. The van der Waals surface area contributed by atoms with E-state index in [0.717, 1.165) is 19.8 Å². The first-order chi connectivity index (χ1) is 8.70. The molecular weight excluding hydrogens is 222 g/mol. The van der Waals surface area contributed by atoms with Gasteiger partial charge in [-0.25, -0.2) is 0 Å². The number of aryl methyl sites for hydroxylation is 2. The third-order valence-corrected chi connectivity index (χ3v) is 4.29. The number of nitrogens with two attached hydrogens (primary N) is 1. The van der Waals surface area contributed by atoms with E-state index in [2.05, 4.69) is 32.0 Å². The van der Waals surface area contributed by atoms with Crippen molar-refractivity contribution >= 4 is 0 Å². The summed E-state index contributed by atoms with van der Waals surface area (Å²) < 4.78 is 5.88. The monoisotopic (exact) mass is 247 g/mol. The van der Waals surface area contributed by atoms with Gasteiger partial charge in [-0.15, -0.1) is 0 Å². The van der Waals surface area contributed by atoms with Gasteiger partial charge in [0.15, 0.2) is 0 Å². The van der Waals surface area contributed by atoms with Gasteiger partial charge in [0.1, 0.15) is 0 Å². The smallest absolute Gasteiger partial charge is 0.0717 e. The van der Waals surface area contributed by atoms with Crippen molar-refractivity contribution in [2.45, 2.75) is 39.7 Å².